The molecule has 0 spiro atoms. The average Bonchev–Trinajstić information content (AvgIpc) is 2.62. The maximum atomic E-state index is 11.7. The summed E-state index contributed by atoms with van der Waals surface area (Å²) in [7, 11) is 1.74. The minimum Gasteiger partial charge on any atom is -0.507 e. The van der Waals surface area contributed by atoms with Crippen molar-refractivity contribution in [3.8, 4) is 5.75 Å². The normalized spacial score (nSPS) is 11.8. The van der Waals surface area contributed by atoms with E-state index in [1.54, 1.807) is 37.8 Å². The molecule has 0 amide bonds. The Morgan fingerprint density at radius 3 is 2.83 bits per heavy atom. The Morgan fingerprint density at radius 2 is 2.28 bits per heavy atom. The van der Waals surface area contributed by atoms with Crippen LogP contribution in [0, 0.1) is 6.92 Å². The van der Waals surface area contributed by atoms with Crippen molar-refractivity contribution in [2.24, 2.45) is 12.0 Å². The lowest BCUT2D eigenvalue weighted by molar-refractivity contribution is 0.432. The molecule has 2 heterocycles. The molecule has 18 heavy (non-hydrogen) atoms. The summed E-state index contributed by atoms with van der Waals surface area (Å²) in [5.41, 5.74) is -0.150. The molecule has 1 N–H and O–H groups in total. The Hall–Kier alpha value is -2.37. The predicted molar refractivity (Wildman–Crippen MR) is 66.5 cm³/mol. The minimum atomic E-state index is -0.601. The smallest absolute Gasteiger partial charge is 0.348 e. The van der Waals surface area contributed by atoms with Gasteiger partial charge in [0.15, 0.2) is 0 Å². The maximum absolute atomic E-state index is 11.7. The zero-order chi connectivity index (χ0) is 13.3. The van der Waals surface area contributed by atoms with E-state index in [-0.39, 0.29) is 11.3 Å². The zero-order valence-electron chi connectivity index (χ0n) is 10.3. The number of hydrogen-bond donors (Lipinski definition) is 1. The third-order valence-electron chi connectivity index (χ3n) is 2.49. The molecular weight excluding hydrogens is 234 g/mol. The van der Waals surface area contributed by atoms with E-state index in [1.807, 2.05) is 0 Å². The molecular formula is C12H13N3O3. The van der Waals surface area contributed by atoms with Crippen LogP contribution in [-0.2, 0) is 7.05 Å². The highest BCUT2D eigenvalue weighted by Crippen LogP contribution is 2.18. The van der Waals surface area contributed by atoms with Crippen LogP contribution in [0.5, 0.6) is 5.75 Å². The summed E-state index contributed by atoms with van der Waals surface area (Å²) >= 11 is 0. The summed E-state index contributed by atoms with van der Waals surface area (Å²) in [6.45, 7) is 3.23. The number of nitrogens with zero attached hydrogens (tertiary/aromatic N) is 3. The van der Waals surface area contributed by atoms with Gasteiger partial charge < -0.3 is 9.52 Å². The van der Waals surface area contributed by atoms with Gasteiger partial charge in [0, 0.05) is 19.2 Å². The first-order valence-corrected chi connectivity index (χ1v) is 5.36. The molecule has 0 atom stereocenters. The van der Waals surface area contributed by atoms with Crippen LogP contribution in [0.4, 0.5) is 5.82 Å². The number of aromatic nitrogens is 2. The van der Waals surface area contributed by atoms with Gasteiger partial charge in [-0.2, -0.15) is 5.10 Å². The van der Waals surface area contributed by atoms with E-state index in [4.69, 9.17) is 4.42 Å². The molecule has 0 aliphatic rings. The zero-order valence-corrected chi connectivity index (χ0v) is 10.3. The van der Waals surface area contributed by atoms with Crippen molar-refractivity contribution in [2.45, 2.75) is 13.8 Å². The van der Waals surface area contributed by atoms with Crippen molar-refractivity contribution >= 4 is 11.5 Å². The molecule has 0 bridgehead atoms. The summed E-state index contributed by atoms with van der Waals surface area (Å²) in [5.74, 6) is 0.814. The van der Waals surface area contributed by atoms with Crippen molar-refractivity contribution in [2.75, 3.05) is 0 Å². The Balaban J connectivity index is 2.53. The molecule has 6 nitrogen and oxygen atoms in total. The summed E-state index contributed by atoms with van der Waals surface area (Å²) in [4.78, 5) is 15.9. The van der Waals surface area contributed by atoms with E-state index in [1.165, 1.54) is 6.07 Å². The van der Waals surface area contributed by atoms with Crippen LogP contribution < -0.4 is 5.63 Å². The van der Waals surface area contributed by atoms with E-state index in [9.17, 15) is 9.90 Å². The van der Waals surface area contributed by atoms with Crippen molar-refractivity contribution in [1.29, 1.82) is 0 Å². The van der Waals surface area contributed by atoms with Crippen molar-refractivity contribution < 1.29 is 9.52 Å². The molecule has 0 radical (unpaired) electrons. The van der Waals surface area contributed by atoms with Crippen molar-refractivity contribution in [3.63, 3.8) is 0 Å². The molecule has 0 aromatic carbocycles. The Kier molecular flexibility index (Phi) is 3.01. The monoisotopic (exact) mass is 247 g/mol. The van der Waals surface area contributed by atoms with E-state index in [0.717, 1.165) is 0 Å². The van der Waals surface area contributed by atoms with Crippen LogP contribution in [0.25, 0.3) is 0 Å². The molecule has 0 unspecified atom stereocenters. The molecule has 2 aromatic heterocycles. The number of rotatable bonds is 2. The lowest BCUT2D eigenvalue weighted by Gasteiger charge is -2.03. The molecule has 2 rings (SSSR count). The highest BCUT2D eigenvalue weighted by molar-refractivity contribution is 6.01. The van der Waals surface area contributed by atoms with Gasteiger partial charge >= 0.3 is 5.63 Å². The van der Waals surface area contributed by atoms with Gasteiger partial charge in [0.25, 0.3) is 0 Å². The molecule has 6 heteroatoms. The second-order valence-electron chi connectivity index (χ2n) is 3.91. The van der Waals surface area contributed by atoms with Crippen LogP contribution in [0.1, 0.15) is 18.2 Å². The molecule has 0 saturated carbocycles. The second kappa shape index (κ2) is 4.48. The van der Waals surface area contributed by atoms with Gasteiger partial charge in [0.1, 0.15) is 22.9 Å². The predicted octanol–water partition coefficient (Wildman–Crippen LogP) is 1.53. The van der Waals surface area contributed by atoms with Gasteiger partial charge in [-0.1, -0.05) is 0 Å². The van der Waals surface area contributed by atoms with E-state index < -0.39 is 5.63 Å². The third-order valence-corrected chi connectivity index (χ3v) is 2.49. The van der Waals surface area contributed by atoms with Gasteiger partial charge in [-0.05, 0) is 13.8 Å². The Morgan fingerprint density at radius 1 is 1.56 bits per heavy atom. The van der Waals surface area contributed by atoms with Gasteiger partial charge in [0.2, 0.25) is 0 Å². The lowest BCUT2D eigenvalue weighted by atomic mass is 10.1. The van der Waals surface area contributed by atoms with Crippen LogP contribution >= 0.6 is 0 Å². The number of aromatic hydroxyl groups is 1. The first-order valence-electron chi connectivity index (χ1n) is 5.36. The number of hydrogen-bond acceptors (Lipinski definition) is 5. The Bertz CT molecular complexity index is 667. The highest BCUT2D eigenvalue weighted by Gasteiger charge is 2.13. The number of aliphatic imine (C=N–C) groups is 1. The van der Waals surface area contributed by atoms with Gasteiger partial charge in [-0.3, -0.25) is 4.68 Å². The van der Waals surface area contributed by atoms with Gasteiger partial charge in [-0.25, -0.2) is 9.79 Å². The molecule has 0 aliphatic carbocycles. The second-order valence-corrected chi connectivity index (χ2v) is 3.91. The van der Waals surface area contributed by atoms with E-state index >= 15 is 0 Å². The molecule has 0 saturated heterocycles. The summed E-state index contributed by atoms with van der Waals surface area (Å²) < 4.78 is 6.51. The topological polar surface area (TPSA) is 80.6 Å². The Labute approximate surface area is 103 Å². The van der Waals surface area contributed by atoms with Gasteiger partial charge in [-0.15, -0.1) is 0 Å². The highest BCUT2D eigenvalue weighted by atomic mass is 16.4. The number of aryl methyl sites for hydroxylation is 2. The first-order chi connectivity index (χ1) is 8.49. The SMILES string of the molecule is CC(=Nc1ccnn1C)c1c(O)cc(C)oc1=O. The maximum Gasteiger partial charge on any atom is 0.348 e. The molecule has 94 valence electrons. The van der Waals surface area contributed by atoms with Crippen molar-refractivity contribution in [3.05, 3.63) is 40.1 Å². The molecule has 0 fully saturated rings. The van der Waals surface area contributed by atoms with Crippen LogP contribution in [0.2, 0.25) is 0 Å². The third kappa shape index (κ3) is 2.17. The fourth-order valence-electron chi connectivity index (χ4n) is 1.63. The minimum absolute atomic E-state index is 0.0711. The lowest BCUT2D eigenvalue weighted by Crippen LogP contribution is -2.13. The standard InChI is InChI=1S/C12H13N3O3/c1-7-6-9(16)11(12(17)18-7)8(2)14-10-4-5-13-15(10)3/h4-6,16H,1-3H3. The van der Waals surface area contributed by atoms with Crippen molar-refractivity contribution in [1.82, 2.24) is 9.78 Å². The van der Waals surface area contributed by atoms with Crippen LogP contribution in [0.3, 0.4) is 0 Å². The quantitative estimate of drug-likeness (QED) is 0.816. The summed E-state index contributed by atoms with van der Waals surface area (Å²) in [6.07, 6.45) is 1.60. The summed E-state index contributed by atoms with van der Waals surface area (Å²) in [5, 5.41) is 13.7. The van der Waals surface area contributed by atoms with E-state index in [0.29, 0.717) is 17.3 Å². The average molecular weight is 247 g/mol. The van der Waals surface area contributed by atoms with E-state index in [2.05, 4.69) is 10.1 Å². The fourth-order valence-corrected chi connectivity index (χ4v) is 1.63. The molecule has 2 aromatic rings. The van der Waals surface area contributed by atoms with Gasteiger partial charge in [0.05, 0.1) is 11.9 Å². The molecule has 0 aliphatic heterocycles. The largest absolute Gasteiger partial charge is 0.507 e. The summed E-state index contributed by atoms with van der Waals surface area (Å²) in [6, 6.07) is 3.09. The fraction of sp³-hybridized carbons (Fsp3) is 0.250. The first kappa shape index (κ1) is 12.1. The van der Waals surface area contributed by atoms with Crippen LogP contribution in [-0.4, -0.2) is 20.6 Å². The van der Waals surface area contributed by atoms with Crippen LogP contribution in [0.15, 0.2) is 32.5 Å².